The van der Waals surface area contributed by atoms with E-state index in [2.05, 4.69) is 10.3 Å². The van der Waals surface area contributed by atoms with E-state index >= 15 is 0 Å². The van der Waals surface area contributed by atoms with Crippen molar-refractivity contribution in [1.82, 2.24) is 14.5 Å². The third-order valence-corrected chi connectivity index (χ3v) is 5.97. The van der Waals surface area contributed by atoms with Crippen molar-refractivity contribution >= 4 is 28.5 Å². The lowest BCUT2D eigenvalue weighted by Crippen LogP contribution is -2.42. The molecule has 2 aromatic carbocycles. The van der Waals surface area contributed by atoms with Crippen LogP contribution in [0.4, 0.5) is 5.69 Å². The van der Waals surface area contributed by atoms with Gasteiger partial charge >= 0.3 is 0 Å². The van der Waals surface area contributed by atoms with Crippen molar-refractivity contribution in [3.63, 3.8) is 0 Å². The number of aromatic nitrogens is 2. The first-order valence-corrected chi connectivity index (χ1v) is 10.3. The molecule has 3 aromatic rings. The lowest BCUT2D eigenvalue weighted by molar-refractivity contribution is -0.135. The number of fused-ring (bicyclic) bond motifs is 1. The van der Waals surface area contributed by atoms with Crippen molar-refractivity contribution in [3.05, 3.63) is 54.9 Å². The molecule has 1 saturated carbocycles. The Balaban J connectivity index is 1.21. The number of nitrogens with one attached hydrogen (secondary N) is 1. The first-order chi connectivity index (χ1) is 14.2. The third-order valence-electron chi connectivity index (χ3n) is 5.97. The van der Waals surface area contributed by atoms with E-state index < -0.39 is 0 Å². The van der Waals surface area contributed by atoms with Gasteiger partial charge in [0.2, 0.25) is 11.8 Å². The number of hydrogen-bond donors (Lipinski definition) is 1. The average molecular weight is 388 g/mol. The number of hydrogen-bond acceptors (Lipinski definition) is 3. The molecule has 2 aliphatic rings. The Labute approximate surface area is 169 Å². The molecule has 148 valence electrons. The first-order valence-electron chi connectivity index (χ1n) is 10.3. The number of rotatable bonds is 4. The molecule has 5 rings (SSSR count). The highest BCUT2D eigenvalue weighted by Crippen LogP contribution is 2.32. The second kappa shape index (κ2) is 7.35. The summed E-state index contributed by atoms with van der Waals surface area (Å²) in [5.74, 6) is 0.554. The molecule has 2 fully saturated rings. The molecule has 6 nitrogen and oxygen atoms in total. The van der Waals surface area contributed by atoms with Crippen molar-refractivity contribution < 1.29 is 9.59 Å². The Kier molecular flexibility index (Phi) is 4.54. The van der Waals surface area contributed by atoms with Gasteiger partial charge < -0.3 is 10.2 Å². The second-order valence-electron chi connectivity index (χ2n) is 8.01. The molecule has 0 atom stereocenters. The Morgan fingerprint density at radius 3 is 2.34 bits per heavy atom. The molecule has 0 spiro atoms. The fourth-order valence-electron chi connectivity index (χ4n) is 4.07. The molecule has 1 aliphatic carbocycles. The normalized spacial score (nSPS) is 17.4. The summed E-state index contributed by atoms with van der Waals surface area (Å²) in [4.78, 5) is 31.2. The number of piperidine rings is 1. The minimum Gasteiger partial charge on any atom is -0.342 e. The molecule has 29 heavy (non-hydrogen) atoms. The predicted molar refractivity (Wildman–Crippen MR) is 112 cm³/mol. The number of carbonyl (C=O) groups is 2. The van der Waals surface area contributed by atoms with Crippen LogP contribution in [0.2, 0.25) is 0 Å². The van der Waals surface area contributed by atoms with Gasteiger partial charge in [-0.15, -0.1) is 0 Å². The molecule has 0 bridgehead atoms. The topological polar surface area (TPSA) is 67.2 Å². The SMILES string of the molecule is O=C(Nc1ccc(-n2cnc3ccccc32)cc1)C1CCN(C(=O)C2CC2)CC1. The molecule has 6 heteroatoms. The fraction of sp³-hybridized carbons (Fsp3) is 0.348. The van der Waals surface area contributed by atoms with E-state index in [1.807, 2.05) is 64.3 Å². The minimum absolute atomic E-state index is 0.0319. The van der Waals surface area contributed by atoms with Gasteiger partial charge in [0.1, 0.15) is 6.33 Å². The summed E-state index contributed by atoms with van der Waals surface area (Å²) in [5.41, 5.74) is 3.80. The molecule has 2 heterocycles. The van der Waals surface area contributed by atoms with Crippen LogP contribution >= 0.6 is 0 Å². The zero-order chi connectivity index (χ0) is 19.8. The summed E-state index contributed by atoms with van der Waals surface area (Å²) >= 11 is 0. The summed E-state index contributed by atoms with van der Waals surface area (Å²) in [5, 5.41) is 3.03. The maximum Gasteiger partial charge on any atom is 0.227 e. The van der Waals surface area contributed by atoms with Crippen LogP contribution in [-0.2, 0) is 9.59 Å². The highest BCUT2D eigenvalue weighted by atomic mass is 16.2. The van der Waals surface area contributed by atoms with Crippen LogP contribution in [0.25, 0.3) is 16.7 Å². The van der Waals surface area contributed by atoms with E-state index in [1.54, 1.807) is 0 Å². The van der Waals surface area contributed by atoms with Gasteiger partial charge in [0.05, 0.1) is 11.0 Å². The molecule has 1 saturated heterocycles. The molecule has 1 aliphatic heterocycles. The van der Waals surface area contributed by atoms with Gasteiger partial charge in [0.25, 0.3) is 0 Å². The standard InChI is InChI=1S/C23H24N4O2/c28-22(16-11-13-26(14-12-16)23(29)17-5-6-17)25-18-7-9-19(10-8-18)27-15-24-20-3-1-2-4-21(20)27/h1-4,7-10,15-17H,5-6,11-14H2,(H,25,28). The number of benzene rings is 2. The Hall–Kier alpha value is -3.15. The van der Waals surface area contributed by atoms with Crippen molar-refractivity contribution in [1.29, 1.82) is 0 Å². The van der Waals surface area contributed by atoms with Gasteiger partial charge in [0, 0.05) is 36.3 Å². The maximum atomic E-state index is 12.6. The number of likely N-dealkylation sites (tertiary alicyclic amines) is 1. The summed E-state index contributed by atoms with van der Waals surface area (Å²) < 4.78 is 2.04. The van der Waals surface area contributed by atoms with E-state index in [4.69, 9.17) is 0 Å². The van der Waals surface area contributed by atoms with Crippen LogP contribution in [0.3, 0.4) is 0 Å². The van der Waals surface area contributed by atoms with E-state index in [0.717, 1.165) is 48.1 Å². The number of anilines is 1. The first kappa shape index (κ1) is 17.9. The number of imidazole rings is 1. The number of carbonyl (C=O) groups excluding carboxylic acids is 2. The van der Waals surface area contributed by atoms with E-state index in [1.165, 1.54) is 0 Å². The van der Waals surface area contributed by atoms with Crippen LogP contribution in [-0.4, -0.2) is 39.4 Å². The molecule has 2 amide bonds. The molecule has 0 unspecified atom stereocenters. The summed E-state index contributed by atoms with van der Waals surface area (Å²) in [6, 6.07) is 15.8. The van der Waals surface area contributed by atoms with E-state index in [-0.39, 0.29) is 23.7 Å². The quantitative estimate of drug-likeness (QED) is 0.742. The van der Waals surface area contributed by atoms with Crippen LogP contribution < -0.4 is 5.32 Å². The molecule has 0 radical (unpaired) electrons. The lowest BCUT2D eigenvalue weighted by atomic mass is 9.95. The average Bonchev–Trinajstić information content (AvgIpc) is 3.53. The Bertz CT molecular complexity index is 1040. The second-order valence-corrected chi connectivity index (χ2v) is 8.01. The lowest BCUT2D eigenvalue weighted by Gasteiger charge is -2.31. The maximum absolute atomic E-state index is 12.6. The Morgan fingerprint density at radius 1 is 0.897 bits per heavy atom. The molecule has 1 aromatic heterocycles. The highest BCUT2D eigenvalue weighted by molar-refractivity contribution is 5.93. The van der Waals surface area contributed by atoms with Crippen molar-refractivity contribution in [3.8, 4) is 5.69 Å². The van der Waals surface area contributed by atoms with Crippen molar-refractivity contribution in [2.45, 2.75) is 25.7 Å². The van der Waals surface area contributed by atoms with Gasteiger partial charge in [-0.1, -0.05) is 12.1 Å². The molecule has 1 N–H and O–H groups in total. The van der Waals surface area contributed by atoms with E-state index in [9.17, 15) is 9.59 Å². The van der Waals surface area contributed by atoms with Gasteiger partial charge in [-0.2, -0.15) is 0 Å². The number of para-hydroxylation sites is 2. The minimum atomic E-state index is -0.0319. The van der Waals surface area contributed by atoms with E-state index in [0.29, 0.717) is 13.1 Å². The monoisotopic (exact) mass is 388 g/mol. The van der Waals surface area contributed by atoms with Crippen molar-refractivity contribution in [2.24, 2.45) is 11.8 Å². The molecular weight excluding hydrogens is 364 g/mol. The van der Waals surface area contributed by atoms with Crippen LogP contribution in [0.15, 0.2) is 54.9 Å². The summed E-state index contributed by atoms with van der Waals surface area (Å²) in [7, 11) is 0. The summed E-state index contributed by atoms with van der Waals surface area (Å²) in [6.07, 6.45) is 5.36. The third kappa shape index (κ3) is 3.62. The zero-order valence-corrected chi connectivity index (χ0v) is 16.3. The van der Waals surface area contributed by atoms with Gasteiger partial charge in [-0.05, 0) is 62.1 Å². The largest absolute Gasteiger partial charge is 0.342 e. The molecular formula is C23H24N4O2. The summed E-state index contributed by atoms with van der Waals surface area (Å²) in [6.45, 7) is 1.39. The van der Waals surface area contributed by atoms with Crippen LogP contribution in [0.1, 0.15) is 25.7 Å². The van der Waals surface area contributed by atoms with Crippen LogP contribution in [0, 0.1) is 11.8 Å². The predicted octanol–water partition coefficient (Wildman–Crippen LogP) is 3.61. The van der Waals surface area contributed by atoms with Crippen molar-refractivity contribution in [2.75, 3.05) is 18.4 Å². The van der Waals surface area contributed by atoms with Gasteiger partial charge in [-0.3, -0.25) is 14.2 Å². The number of amides is 2. The van der Waals surface area contributed by atoms with Gasteiger partial charge in [0.15, 0.2) is 0 Å². The van der Waals surface area contributed by atoms with Crippen LogP contribution in [0.5, 0.6) is 0 Å². The highest BCUT2D eigenvalue weighted by Gasteiger charge is 2.35. The number of nitrogens with zero attached hydrogens (tertiary/aromatic N) is 3. The fourth-order valence-corrected chi connectivity index (χ4v) is 4.07. The Morgan fingerprint density at radius 2 is 1.62 bits per heavy atom. The van der Waals surface area contributed by atoms with Gasteiger partial charge in [-0.25, -0.2) is 4.98 Å². The smallest absolute Gasteiger partial charge is 0.227 e. The zero-order valence-electron chi connectivity index (χ0n) is 16.3.